The monoisotopic (exact) mass is 250 g/mol. The number of hydrogen-bond donors (Lipinski definition) is 2. The number of carboxylic acid groups (broad SMARTS) is 1. The van der Waals surface area contributed by atoms with Crippen molar-refractivity contribution in [2.75, 3.05) is 6.61 Å². The molecule has 2 atom stereocenters. The third-order valence-corrected chi connectivity index (χ3v) is 3.41. The molecule has 2 rings (SSSR count). The number of hydrogen-bond acceptors (Lipinski definition) is 3. The Bertz CT molecular complexity index is 441. The van der Waals surface area contributed by atoms with E-state index in [0.717, 1.165) is 18.4 Å². The van der Waals surface area contributed by atoms with Crippen molar-refractivity contribution in [2.24, 2.45) is 11.8 Å². The molecule has 1 aromatic rings. The average Bonchev–Trinajstić information content (AvgIpc) is 3.10. The van der Waals surface area contributed by atoms with Gasteiger partial charge in [0, 0.05) is 0 Å². The minimum atomic E-state index is -0.702. The molecule has 1 aromatic carbocycles. The zero-order valence-electron chi connectivity index (χ0n) is 10.4. The van der Waals surface area contributed by atoms with E-state index in [1.54, 1.807) is 6.07 Å². The lowest BCUT2D eigenvalue weighted by Gasteiger charge is -2.09. The van der Waals surface area contributed by atoms with Crippen LogP contribution in [0, 0.1) is 11.8 Å². The molecule has 2 N–H and O–H groups in total. The Balaban J connectivity index is 1.94. The van der Waals surface area contributed by atoms with Crippen LogP contribution in [0.15, 0.2) is 18.2 Å². The fourth-order valence-corrected chi connectivity index (χ4v) is 2.25. The number of phenolic OH excluding ortho intramolecular Hbond substituents is 1. The fraction of sp³-hybridized carbons (Fsp3) is 0.500. The van der Waals surface area contributed by atoms with Crippen LogP contribution in [0.1, 0.15) is 25.3 Å². The predicted molar refractivity (Wildman–Crippen MR) is 66.8 cm³/mol. The van der Waals surface area contributed by atoms with Gasteiger partial charge in [-0.15, -0.1) is 0 Å². The number of phenols is 1. The lowest BCUT2D eigenvalue weighted by Crippen LogP contribution is -2.00. The van der Waals surface area contributed by atoms with Crippen molar-refractivity contribution in [2.45, 2.75) is 26.2 Å². The topological polar surface area (TPSA) is 66.8 Å². The van der Waals surface area contributed by atoms with Crippen LogP contribution < -0.4 is 4.74 Å². The fourth-order valence-electron chi connectivity index (χ4n) is 2.25. The number of carbonyl (C=O) groups is 1. The second-order valence-electron chi connectivity index (χ2n) is 4.68. The molecule has 0 saturated heterocycles. The Morgan fingerprint density at radius 3 is 2.89 bits per heavy atom. The molecule has 0 spiro atoms. The van der Waals surface area contributed by atoms with E-state index >= 15 is 0 Å². The molecule has 1 aliphatic carbocycles. The van der Waals surface area contributed by atoms with Crippen LogP contribution >= 0.6 is 0 Å². The quantitative estimate of drug-likeness (QED) is 0.813. The number of benzene rings is 1. The lowest BCUT2D eigenvalue weighted by atomic mass is 10.1. The first kappa shape index (κ1) is 12.7. The Morgan fingerprint density at radius 1 is 1.50 bits per heavy atom. The highest BCUT2D eigenvalue weighted by Gasteiger charge is 2.42. The Labute approximate surface area is 106 Å². The van der Waals surface area contributed by atoms with Crippen LogP contribution in [-0.4, -0.2) is 22.8 Å². The molecular weight excluding hydrogens is 232 g/mol. The van der Waals surface area contributed by atoms with Crippen LogP contribution in [0.4, 0.5) is 0 Å². The van der Waals surface area contributed by atoms with Crippen LogP contribution in [0.25, 0.3) is 0 Å². The normalized spacial score (nSPS) is 21.6. The van der Waals surface area contributed by atoms with E-state index in [4.69, 9.17) is 9.84 Å². The van der Waals surface area contributed by atoms with Crippen LogP contribution in [-0.2, 0) is 11.2 Å². The highest BCUT2D eigenvalue weighted by Crippen LogP contribution is 2.43. The summed E-state index contributed by atoms with van der Waals surface area (Å²) in [6.07, 6.45) is 2.27. The highest BCUT2D eigenvalue weighted by atomic mass is 16.5. The SMILES string of the molecule is CCOc1cccc(CCC2CC2C(=O)O)c1O. The molecular formula is C14H18O4. The summed E-state index contributed by atoms with van der Waals surface area (Å²) in [7, 11) is 0. The van der Waals surface area contributed by atoms with Gasteiger partial charge in [0.05, 0.1) is 12.5 Å². The summed E-state index contributed by atoms with van der Waals surface area (Å²) in [5, 5.41) is 18.8. The number of ether oxygens (including phenoxy) is 1. The van der Waals surface area contributed by atoms with Crippen LogP contribution in [0.5, 0.6) is 11.5 Å². The van der Waals surface area contributed by atoms with E-state index in [1.807, 2.05) is 19.1 Å². The Morgan fingerprint density at radius 2 is 2.28 bits per heavy atom. The van der Waals surface area contributed by atoms with Gasteiger partial charge < -0.3 is 14.9 Å². The third-order valence-electron chi connectivity index (χ3n) is 3.41. The van der Waals surface area contributed by atoms with Gasteiger partial charge >= 0.3 is 5.97 Å². The summed E-state index contributed by atoms with van der Waals surface area (Å²) in [5.74, 6) is 0.0691. The number of para-hydroxylation sites is 1. The maximum atomic E-state index is 10.7. The van der Waals surface area contributed by atoms with Gasteiger partial charge in [-0.05, 0) is 43.7 Å². The third kappa shape index (κ3) is 2.75. The van der Waals surface area contributed by atoms with Gasteiger partial charge in [0.2, 0.25) is 0 Å². The Kier molecular flexibility index (Phi) is 3.75. The number of aromatic hydroxyl groups is 1. The number of aryl methyl sites for hydroxylation is 1. The van der Waals surface area contributed by atoms with Crippen molar-refractivity contribution < 1.29 is 19.7 Å². The van der Waals surface area contributed by atoms with Crippen molar-refractivity contribution in [3.8, 4) is 11.5 Å². The standard InChI is InChI=1S/C14H18O4/c1-2-18-12-5-3-4-9(13(12)15)6-7-10-8-11(10)14(16)17/h3-5,10-11,15H,2,6-8H2,1H3,(H,16,17). The maximum absolute atomic E-state index is 10.7. The van der Waals surface area contributed by atoms with Crippen LogP contribution in [0.2, 0.25) is 0 Å². The van der Waals surface area contributed by atoms with Gasteiger partial charge in [-0.25, -0.2) is 0 Å². The largest absolute Gasteiger partial charge is 0.504 e. The second kappa shape index (κ2) is 5.29. The summed E-state index contributed by atoms with van der Waals surface area (Å²) in [4.78, 5) is 10.7. The Hall–Kier alpha value is -1.71. The highest BCUT2D eigenvalue weighted by molar-refractivity contribution is 5.73. The number of aliphatic carboxylic acids is 1. The van der Waals surface area contributed by atoms with Gasteiger partial charge in [0.15, 0.2) is 11.5 Å². The first-order chi connectivity index (χ1) is 8.63. The molecule has 0 bridgehead atoms. The predicted octanol–water partition coefficient (Wildman–Crippen LogP) is 2.44. The minimum Gasteiger partial charge on any atom is -0.504 e. The molecule has 98 valence electrons. The first-order valence-electron chi connectivity index (χ1n) is 6.30. The van der Waals surface area contributed by atoms with Gasteiger partial charge in [0.1, 0.15) is 0 Å². The van der Waals surface area contributed by atoms with Crippen LogP contribution in [0.3, 0.4) is 0 Å². The molecule has 1 fully saturated rings. The van der Waals surface area contributed by atoms with Crippen molar-refractivity contribution >= 4 is 5.97 Å². The maximum Gasteiger partial charge on any atom is 0.306 e. The minimum absolute atomic E-state index is 0.179. The first-order valence-corrected chi connectivity index (χ1v) is 6.30. The van der Waals surface area contributed by atoms with E-state index in [1.165, 1.54) is 0 Å². The summed E-state index contributed by atoms with van der Waals surface area (Å²) in [6, 6.07) is 5.44. The van der Waals surface area contributed by atoms with E-state index in [9.17, 15) is 9.90 Å². The molecule has 1 aliphatic rings. The zero-order chi connectivity index (χ0) is 13.1. The molecule has 0 heterocycles. The number of carboxylic acids is 1. The molecule has 18 heavy (non-hydrogen) atoms. The summed E-state index contributed by atoms with van der Waals surface area (Å²) >= 11 is 0. The van der Waals surface area contributed by atoms with Gasteiger partial charge in [-0.3, -0.25) is 4.79 Å². The van der Waals surface area contributed by atoms with Crippen molar-refractivity contribution in [1.29, 1.82) is 0 Å². The molecule has 4 heteroatoms. The van der Waals surface area contributed by atoms with Crippen molar-refractivity contribution in [3.63, 3.8) is 0 Å². The summed E-state index contributed by atoms with van der Waals surface area (Å²) in [6.45, 7) is 2.38. The van der Waals surface area contributed by atoms with Gasteiger partial charge in [-0.2, -0.15) is 0 Å². The molecule has 4 nitrogen and oxygen atoms in total. The molecule has 2 unspecified atom stereocenters. The second-order valence-corrected chi connectivity index (χ2v) is 4.68. The number of rotatable bonds is 6. The molecule has 0 aromatic heterocycles. The molecule has 1 saturated carbocycles. The molecule has 0 radical (unpaired) electrons. The van der Waals surface area contributed by atoms with E-state index in [-0.39, 0.29) is 17.6 Å². The zero-order valence-corrected chi connectivity index (χ0v) is 10.4. The summed E-state index contributed by atoms with van der Waals surface area (Å²) in [5.41, 5.74) is 0.831. The summed E-state index contributed by atoms with van der Waals surface area (Å²) < 4.78 is 5.31. The van der Waals surface area contributed by atoms with Crippen molar-refractivity contribution in [3.05, 3.63) is 23.8 Å². The van der Waals surface area contributed by atoms with Crippen molar-refractivity contribution in [1.82, 2.24) is 0 Å². The van der Waals surface area contributed by atoms with Gasteiger partial charge in [-0.1, -0.05) is 12.1 Å². The van der Waals surface area contributed by atoms with E-state index in [0.29, 0.717) is 18.8 Å². The van der Waals surface area contributed by atoms with E-state index in [2.05, 4.69) is 0 Å². The van der Waals surface area contributed by atoms with Gasteiger partial charge in [0.25, 0.3) is 0 Å². The molecule has 0 amide bonds. The average molecular weight is 250 g/mol. The smallest absolute Gasteiger partial charge is 0.306 e. The van der Waals surface area contributed by atoms with E-state index < -0.39 is 5.97 Å². The lowest BCUT2D eigenvalue weighted by molar-refractivity contribution is -0.138. The molecule has 0 aliphatic heterocycles.